The molecule has 1 atom stereocenters. The first-order chi connectivity index (χ1) is 9.68. The highest BCUT2D eigenvalue weighted by molar-refractivity contribution is 5.92. The Kier molecular flexibility index (Phi) is 5.03. The third kappa shape index (κ3) is 3.76. The molecule has 0 saturated carbocycles. The lowest BCUT2D eigenvalue weighted by Gasteiger charge is -2.35. The molecule has 0 aliphatic carbocycles. The summed E-state index contributed by atoms with van der Waals surface area (Å²) in [6.45, 7) is 2.85. The van der Waals surface area contributed by atoms with Crippen molar-refractivity contribution in [2.45, 2.75) is 38.6 Å². The second kappa shape index (κ2) is 6.98. The molecule has 1 N–H and O–H groups in total. The third-order valence-corrected chi connectivity index (χ3v) is 3.52. The predicted molar refractivity (Wildman–Crippen MR) is 74.0 cm³/mol. The molecule has 2 heterocycles. The Labute approximate surface area is 118 Å². The number of carbonyl (C=O) groups excluding carboxylic acids is 2. The van der Waals surface area contributed by atoms with Crippen molar-refractivity contribution >= 4 is 11.8 Å². The molecular weight excluding hydrogens is 256 g/mol. The predicted octanol–water partition coefficient (Wildman–Crippen LogP) is 0.997. The van der Waals surface area contributed by atoms with E-state index in [4.69, 9.17) is 0 Å². The first-order valence-corrected chi connectivity index (χ1v) is 7.00. The molecular formula is C14H20N4O2. The Morgan fingerprint density at radius 2 is 2.25 bits per heavy atom. The lowest BCUT2D eigenvalue weighted by Crippen LogP contribution is -2.45. The molecule has 1 saturated heterocycles. The summed E-state index contributed by atoms with van der Waals surface area (Å²) in [6, 6.07) is 0.171. The van der Waals surface area contributed by atoms with E-state index in [1.54, 1.807) is 6.20 Å². The monoisotopic (exact) mass is 276 g/mol. The van der Waals surface area contributed by atoms with E-state index >= 15 is 0 Å². The van der Waals surface area contributed by atoms with Crippen molar-refractivity contribution in [2.75, 3.05) is 13.1 Å². The van der Waals surface area contributed by atoms with Gasteiger partial charge in [0.05, 0.1) is 6.20 Å². The van der Waals surface area contributed by atoms with Crippen LogP contribution >= 0.6 is 0 Å². The number of piperidine rings is 1. The minimum absolute atomic E-state index is 0.0346. The summed E-state index contributed by atoms with van der Waals surface area (Å²) in [7, 11) is 0. The van der Waals surface area contributed by atoms with E-state index in [2.05, 4.69) is 15.3 Å². The van der Waals surface area contributed by atoms with Gasteiger partial charge < -0.3 is 10.2 Å². The average Bonchev–Trinajstić information content (AvgIpc) is 2.47. The SMILES string of the molecule is CC(=O)NCCC1CCCCN1C(=O)c1cnccn1. The Bertz CT molecular complexity index is 464. The smallest absolute Gasteiger partial charge is 0.274 e. The van der Waals surface area contributed by atoms with Crippen molar-refractivity contribution in [1.29, 1.82) is 0 Å². The fourth-order valence-electron chi connectivity index (χ4n) is 2.54. The van der Waals surface area contributed by atoms with Gasteiger partial charge in [-0.1, -0.05) is 0 Å². The quantitative estimate of drug-likeness (QED) is 0.890. The van der Waals surface area contributed by atoms with Gasteiger partial charge in [-0.25, -0.2) is 4.98 Å². The van der Waals surface area contributed by atoms with Gasteiger partial charge in [-0.3, -0.25) is 14.6 Å². The maximum atomic E-state index is 12.4. The standard InChI is InChI=1S/C14H20N4O2/c1-11(19)16-6-5-12-4-2-3-9-18(12)14(20)13-10-15-7-8-17-13/h7-8,10,12H,2-6,9H2,1H3,(H,16,19). The lowest BCUT2D eigenvalue weighted by atomic mass is 9.99. The van der Waals surface area contributed by atoms with Crippen LogP contribution in [-0.2, 0) is 4.79 Å². The molecule has 1 fully saturated rings. The van der Waals surface area contributed by atoms with Crippen molar-refractivity contribution in [3.8, 4) is 0 Å². The summed E-state index contributed by atoms with van der Waals surface area (Å²) < 4.78 is 0. The number of nitrogens with zero attached hydrogens (tertiary/aromatic N) is 3. The number of hydrogen-bond acceptors (Lipinski definition) is 4. The highest BCUT2D eigenvalue weighted by Crippen LogP contribution is 2.21. The van der Waals surface area contributed by atoms with Crippen LogP contribution in [0.15, 0.2) is 18.6 Å². The Morgan fingerprint density at radius 1 is 1.40 bits per heavy atom. The van der Waals surface area contributed by atoms with Gasteiger partial charge in [0.15, 0.2) is 0 Å². The molecule has 6 nitrogen and oxygen atoms in total. The maximum absolute atomic E-state index is 12.4. The summed E-state index contributed by atoms with van der Waals surface area (Å²) in [5.74, 6) is -0.0989. The molecule has 0 bridgehead atoms. The molecule has 0 aromatic carbocycles. The van der Waals surface area contributed by atoms with E-state index in [-0.39, 0.29) is 17.9 Å². The van der Waals surface area contributed by atoms with Crippen molar-refractivity contribution in [2.24, 2.45) is 0 Å². The van der Waals surface area contributed by atoms with E-state index in [0.29, 0.717) is 12.2 Å². The summed E-state index contributed by atoms with van der Waals surface area (Å²) in [6.07, 6.45) is 8.49. The highest BCUT2D eigenvalue weighted by Gasteiger charge is 2.27. The van der Waals surface area contributed by atoms with Crippen LogP contribution < -0.4 is 5.32 Å². The molecule has 6 heteroatoms. The van der Waals surface area contributed by atoms with Gasteiger partial charge in [0.1, 0.15) is 5.69 Å². The number of aromatic nitrogens is 2. The molecule has 0 spiro atoms. The zero-order valence-electron chi connectivity index (χ0n) is 11.7. The molecule has 1 aromatic rings. The molecule has 1 aliphatic heterocycles. The molecule has 108 valence electrons. The molecule has 1 aromatic heterocycles. The van der Waals surface area contributed by atoms with Crippen molar-refractivity contribution in [1.82, 2.24) is 20.2 Å². The number of rotatable bonds is 4. The number of hydrogen-bond donors (Lipinski definition) is 1. The van der Waals surface area contributed by atoms with Gasteiger partial charge in [0.2, 0.25) is 5.91 Å². The minimum Gasteiger partial charge on any atom is -0.356 e. The first kappa shape index (κ1) is 14.4. The summed E-state index contributed by atoms with van der Waals surface area (Å²) in [5.41, 5.74) is 0.388. The van der Waals surface area contributed by atoms with Crippen LogP contribution in [0.25, 0.3) is 0 Å². The molecule has 20 heavy (non-hydrogen) atoms. The molecule has 2 amide bonds. The number of nitrogens with one attached hydrogen (secondary N) is 1. The Balaban J connectivity index is 1.99. The normalized spacial score (nSPS) is 18.6. The zero-order valence-corrected chi connectivity index (χ0v) is 11.7. The fraction of sp³-hybridized carbons (Fsp3) is 0.571. The minimum atomic E-state index is -0.0642. The van der Waals surface area contributed by atoms with Crippen molar-refractivity contribution < 1.29 is 9.59 Å². The van der Waals surface area contributed by atoms with E-state index in [9.17, 15) is 9.59 Å². The summed E-state index contributed by atoms with van der Waals surface area (Å²) in [5, 5.41) is 2.79. The van der Waals surface area contributed by atoms with Gasteiger partial charge in [0.25, 0.3) is 5.91 Å². The van der Waals surface area contributed by atoms with Gasteiger partial charge in [-0.15, -0.1) is 0 Å². The zero-order chi connectivity index (χ0) is 14.4. The fourth-order valence-corrected chi connectivity index (χ4v) is 2.54. The molecule has 1 aliphatic rings. The highest BCUT2D eigenvalue weighted by atomic mass is 16.2. The molecule has 2 rings (SSSR count). The Hall–Kier alpha value is -1.98. The van der Waals surface area contributed by atoms with Crippen LogP contribution in [0.2, 0.25) is 0 Å². The third-order valence-electron chi connectivity index (χ3n) is 3.52. The first-order valence-electron chi connectivity index (χ1n) is 7.00. The van der Waals surface area contributed by atoms with Crippen LogP contribution in [0.4, 0.5) is 0 Å². The second-order valence-electron chi connectivity index (χ2n) is 5.01. The van der Waals surface area contributed by atoms with Gasteiger partial charge >= 0.3 is 0 Å². The summed E-state index contributed by atoms with van der Waals surface area (Å²) in [4.78, 5) is 33.2. The number of carbonyl (C=O) groups is 2. The number of amides is 2. The van der Waals surface area contributed by atoms with Crippen LogP contribution in [0.3, 0.4) is 0 Å². The lowest BCUT2D eigenvalue weighted by molar-refractivity contribution is -0.119. The Morgan fingerprint density at radius 3 is 2.95 bits per heavy atom. The largest absolute Gasteiger partial charge is 0.356 e. The van der Waals surface area contributed by atoms with E-state index in [0.717, 1.165) is 32.2 Å². The maximum Gasteiger partial charge on any atom is 0.274 e. The van der Waals surface area contributed by atoms with Gasteiger partial charge in [-0.05, 0) is 25.7 Å². The molecule has 0 radical (unpaired) electrons. The average molecular weight is 276 g/mol. The van der Waals surface area contributed by atoms with Crippen LogP contribution in [0, 0.1) is 0 Å². The topological polar surface area (TPSA) is 75.2 Å². The molecule has 1 unspecified atom stereocenters. The van der Waals surface area contributed by atoms with Crippen LogP contribution in [-0.4, -0.2) is 45.8 Å². The van der Waals surface area contributed by atoms with Crippen LogP contribution in [0.5, 0.6) is 0 Å². The van der Waals surface area contributed by atoms with Gasteiger partial charge in [0, 0.05) is 38.4 Å². The van der Waals surface area contributed by atoms with Gasteiger partial charge in [-0.2, -0.15) is 0 Å². The van der Waals surface area contributed by atoms with Crippen molar-refractivity contribution in [3.63, 3.8) is 0 Å². The summed E-state index contributed by atoms with van der Waals surface area (Å²) >= 11 is 0. The van der Waals surface area contributed by atoms with E-state index < -0.39 is 0 Å². The van der Waals surface area contributed by atoms with Crippen LogP contribution in [0.1, 0.15) is 43.1 Å². The van der Waals surface area contributed by atoms with Crippen molar-refractivity contribution in [3.05, 3.63) is 24.3 Å². The second-order valence-corrected chi connectivity index (χ2v) is 5.01. The number of likely N-dealkylation sites (tertiary alicyclic amines) is 1. The van der Waals surface area contributed by atoms with E-state index in [1.165, 1.54) is 19.3 Å². The van der Waals surface area contributed by atoms with E-state index in [1.807, 2.05) is 4.90 Å².